The quantitative estimate of drug-likeness (QED) is 0.0987. The smallest absolute Gasteiger partial charge is 0.223 e. The van der Waals surface area contributed by atoms with Crippen LogP contribution in [0.15, 0.2) is 24.3 Å². The Bertz CT molecular complexity index is 1600. The summed E-state index contributed by atoms with van der Waals surface area (Å²) in [5.74, 6) is 1.89. The number of rotatable bonds is 23. The zero-order valence-electron chi connectivity index (χ0n) is 30.9. The highest BCUT2D eigenvalue weighted by Crippen LogP contribution is 2.31. The van der Waals surface area contributed by atoms with Crippen LogP contribution in [0.4, 0.5) is 5.82 Å². The molecule has 1 aromatic carbocycles. The Kier molecular flexibility index (Phi) is 16.3. The van der Waals surface area contributed by atoms with Crippen LogP contribution in [0.1, 0.15) is 103 Å². The number of benzene rings is 1. The number of amides is 2. The fourth-order valence-electron chi connectivity index (χ4n) is 7.15. The number of hydrogen-bond acceptors (Lipinski definition) is 9. The van der Waals surface area contributed by atoms with Crippen LogP contribution in [0.3, 0.4) is 0 Å². The number of pyridine rings is 1. The van der Waals surface area contributed by atoms with Crippen molar-refractivity contribution in [2.75, 3.05) is 39.1 Å². The largest absolute Gasteiger partial charge is 0.382 e. The maximum absolute atomic E-state index is 12.9. The summed E-state index contributed by atoms with van der Waals surface area (Å²) in [6, 6.07) is 7.92. The zero-order valence-corrected chi connectivity index (χ0v) is 30.9. The number of para-hydroxylation sites is 1. The van der Waals surface area contributed by atoms with Gasteiger partial charge in [-0.05, 0) is 90.7 Å². The molecule has 3 aromatic rings. The Morgan fingerprint density at radius 2 is 1.65 bits per heavy atom. The standard InChI is InChI=1S/C39H59N7O5/c1-4-12-34-45-36-37(30-13-5-6-15-32(30)44-38(36)40)46(34)24-10-9-23-43-39(50)29-19-17-28(18-20-29)33(48)16-11-25-51-26-21-35(49)42-22-8-7-14-31(41-3)27(2)47/h5-6,13,15,28-29,31,41H,4,7-12,14,16-26H2,1-3H3,(H2,40,44)(H,42,49)(H,43,50). The first-order valence-electron chi connectivity index (χ1n) is 19.1. The van der Waals surface area contributed by atoms with Crippen LogP contribution >= 0.6 is 0 Å². The molecule has 1 aliphatic rings. The number of hydrogen-bond donors (Lipinski definition) is 4. The van der Waals surface area contributed by atoms with Crippen molar-refractivity contribution >= 4 is 51.1 Å². The molecule has 1 unspecified atom stereocenters. The first-order valence-corrected chi connectivity index (χ1v) is 19.1. The van der Waals surface area contributed by atoms with E-state index in [1.54, 1.807) is 14.0 Å². The van der Waals surface area contributed by atoms with E-state index in [4.69, 9.17) is 15.5 Å². The minimum atomic E-state index is -0.119. The van der Waals surface area contributed by atoms with Gasteiger partial charge in [-0.15, -0.1) is 0 Å². The summed E-state index contributed by atoms with van der Waals surface area (Å²) in [7, 11) is 1.78. The number of unbranched alkanes of at least 4 members (excludes halogenated alkanes) is 2. The van der Waals surface area contributed by atoms with Gasteiger partial charge in [-0.25, -0.2) is 9.97 Å². The predicted molar refractivity (Wildman–Crippen MR) is 201 cm³/mol. The van der Waals surface area contributed by atoms with Crippen molar-refractivity contribution in [3.05, 3.63) is 30.1 Å². The number of nitrogens with one attached hydrogen (secondary N) is 3. The third-order valence-corrected chi connectivity index (χ3v) is 10.1. The molecule has 2 aromatic heterocycles. The molecule has 1 fully saturated rings. The Hall–Kier alpha value is -3.90. The molecule has 0 saturated heterocycles. The lowest BCUT2D eigenvalue weighted by Crippen LogP contribution is -2.35. The summed E-state index contributed by atoms with van der Waals surface area (Å²) in [5.41, 5.74) is 8.98. The number of nitrogens with zero attached hydrogens (tertiary/aromatic N) is 3. The van der Waals surface area contributed by atoms with E-state index in [0.29, 0.717) is 51.4 Å². The van der Waals surface area contributed by atoms with Crippen LogP contribution in [-0.2, 0) is 36.9 Å². The molecule has 12 nitrogen and oxygen atoms in total. The third kappa shape index (κ3) is 11.8. The number of imidazole rings is 1. The van der Waals surface area contributed by atoms with Gasteiger partial charge in [0, 0.05) is 62.7 Å². The van der Waals surface area contributed by atoms with Gasteiger partial charge in [0.05, 0.1) is 23.7 Å². The number of Topliss-reactive ketones (excluding diaryl/α,β-unsaturated/α-hetero) is 2. The molecule has 1 saturated carbocycles. The van der Waals surface area contributed by atoms with Crippen LogP contribution in [-0.4, -0.2) is 77.3 Å². The molecule has 51 heavy (non-hydrogen) atoms. The van der Waals surface area contributed by atoms with Crippen LogP contribution in [0.2, 0.25) is 0 Å². The lowest BCUT2D eigenvalue weighted by Gasteiger charge is -2.27. The Balaban J connectivity index is 1.06. The van der Waals surface area contributed by atoms with Gasteiger partial charge in [0.1, 0.15) is 22.9 Å². The Morgan fingerprint density at radius 1 is 0.922 bits per heavy atom. The number of likely N-dealkylation sites (N-methyl/N-ethyl adjacent to an activating group) is 1. The minimum Gasteiger partial charge on any atom is -0.382 e. The fourth-order valence-corrected chi connectivity index (χ4v) is 7.15. The molecule has 12 heteroatoms. The number of ketones is 2. The Labute approximate surface area is 302 Å². The lowest BCUT2D eigenvalue weighted by molar-refractivity contribution is -0.129. The van der Waals surface area contributed by atoms with Crippen molar-refractivity contribution in [3.63, 3.8) is 0 Å². The number of carbonyl (C=O) groups is 4. The number of carbonyl (C=O) groups excluding carboxylic acids is 4. The highest BCUT2D eigenvalue weighted by atomic mass is 16.5. The van der Waals surface area contributed by atoms with Crippen molar-refractivity contribution in [1.82, 2.24) is 30.5 Å². The molecule has 280 valence electrons. The van der Waals surface area contributed by atoms with Crippen molar-refractivity contribution in [1.29, 1.82) is 0 Å². The molecule has 1 atom stereocenters. The number of aromatic nitrogens is 3. The van der Waals surface area contributed by atoms with Crippen LogP contribution in [0, 0.1) is 11.8 Å². The number of aryl methyl sites for hydroxylation is 2. The molecule has 1 aliphatic carbocycles. The topological polar surface area (TPSA) is 170 Å². The zero-order chi connectivity index (χ0) is 36.6. The minimum absolute atomic E-state index is 0.0151. The Morgan fingerprint density at radius 3 is 2.39 bits per heavy atom. The molecule has 0 radical (unpaired) electrons. The van der Waals surface area contributed by atoms with E-state index in [1.807, 2.05) is 18.2 Å². The second-order valence-corrected chi connectivity index (χ2v) is 13.9. The third-order valence-electron chi connectivity index (χ3n) is 10.1. The van der Waals surface area contributed by atoms with Gasteiger partial charge in [0.25, 0.3) is 0 Å². The summed E-state index contributed by atoms with van der Waals surface area (Å²) in [6.45, 7) is 6.52. The van der Waals surface area contributed by atoms with Crippen molar-refractivity contribution in [2.24, 2.45) is 11.8 Å². The normalized spacial score (nSPS) is 16.7. The predicted octanol–water partition coefficient (Wildman–Crippen LogP) is 5.04. The second-order valence-electron chi connectivity index (χ2n) is 13.9. The highest BCUT2D eigenvalue weighted by molar-refractivity contribution is 6.06. The summed E-state index contributed by atoms with van der Waals surface area (Å²) in [5, 5.41) is 10.1. The van der Waals surface area contributed by atoms with E-state index in [9.17, 15) is 19.2 Å². The van der Waals surface area contributed by atoms with Gasteiger partial charge >= 0.3 is 0 Å². The average Bonchev–Trinajstić information content (AvgIpc) is 3.49. The molecule has 4 rings (SSSR count). The van der Waals surface area contributed by atoms with Crippen LogP contribution in [0.5, 0.6) is 0 Å². The number of nitrogen functional groups attached to an aromatic ring is 1. The molecule has 5 N–H and O–H groups in total. The number of nitrogens with two attached hydrogens (primary N) is 1. The molecule has 2 amide bonds. The van der Waals surface area contributed by atoms with Gasteiger partial charge < -0.3 is 31.0 Å². The van der Waals surface area contributed by atoms with E-state index < -0.39 is 0 Å². The van der Waals surface area contributed by atoms with E-state index in [-0.39, 0.29) is 41.3 Å². The fraction of sp³-hybridized carbons (Fsp3) is 0.641. The summed E-state index contributed by atoms with van der Waals surface area (Å²) in [6.07, 6.45) is 10.4. The number of ether oxygens (including phenoxy) is 1. The monoisotopic (exact) mass is 705 g/mol. The maximum atomic E-state index is 12.9. The van der Waals surface area contributed by atoms with Gasteiger partial charge in [-0.2, -0.15) is 0 Å². The van der Waals surface area contributed by atoms with E-state index >= 15 is 0 Å². The van der Waals surface area contributed by atoms with Gasteiger partial charge in [-0.3, -0.25) is 19.2 Å². The highest BCUT2D eigenvalue weighted by Gasteiger charge is 2.29. The van der Waals surface area contributed by atoms with E-state index in [0.717, 1.165) is 105 Å². The van der Waals surface area contributed by atoms with Gasteiger partial charge in [0.2, 0.25) is 11.8 Å². The molecule has 0 spiro atoms. The molecule has 0 aliphatic heterocycles. The van der Waals surface area contributed by atoms with Crippen molar-refractivity contribution in [2.45, 2.75) is 116 Å². The SMILES string of the molecule is CCCc1nc2c(N)nc3ccccc3c2n1CCCCNC(=O)C1CCC(C(=O)CCCOCCC(=O)NCCCCC(NC)C(C)=O)CC1. The van der Waals surface area contributed by atoms with E-state index in [1.165, 1.54) is 0 Å². The average molecular weight is 706 g/mol. The first-order chi connectivity index (χ1) is 24.7. The van der Waals surface area contributed by atoms with Gasteiger partial charge in [-0.1, -0.05) is 25.1 Å². The lowest BCUT2D eigenvalue weighted by atomic mass is 9.79. The molecule has 2 heterocycles. The van der Waals surface area contributed by atoms with Crippen molar-refractivity contribution < 1.29 is 23.9 Å². The molecular formula is C39H59N7O5. The molecule has 0 bridgehead atoms. The van der Waals surface area contributed by atoms with Crippen LogP contribution < -0.4 is 21.7 Å². The maximum Gasteiger partial charge on any atom is 0.223 e. The van der Waals surface area contributed by atoms with E-state index in [2.05, 4.69) is 38.5 Å². The van der Waals surface area contributed by atoms with Gasteiger partial charge in [0.15, 0.2) is 5.82 Å². The second kappa shape index (κ2) is 20.8. The summed E-state index contributed by atoms with van der Waals surface area (Å²) in [4.78, 5) is 58.7. The molecular weight excluding hydrogens is 646 g/mol. The van der Waals surface area contributed by atoms with Crippen LogP contribution in [0.25, 0.3) is 21.9 Å². The number of anilines is 1. The summed E-state index contributed by atoms with van der Waals surface area (Å²) < 4.78 is 7.89. The number of fused-ring (bicyclic) bond motifs is 3. The van der Waals surface area contributed by atoms with Crippen molar-refractivity contribution in [3.8, 4) is 0 Å². The first kappa shape index (κ1) is 39.9. The summed E-state index contributed by atoms with van der Waals surface area (Å²) >= 11 is 0.